The van der Waals surface area contributed by atoms with Crippen LogP contribution in [-0.2, 0) is 0 Å². The summed E-state index contributed by atoms with van der Waals surface area (Å²) in [5, 5.41) is 8.36. The zero-order valence-electron chi connectivity index (χ0n) is 29.7. The van der Waals surface area contributed by atoms with Crippen molar-refractivity contribution in [3.63, 3.8) is 0 Å². The molecule has 0 radical (unpaired) electrons. The van der Waals surface area contributed by atoms with Crippen LogP contribution in [-0.4, -0.2) is 19.1 Å². The van der Waals surface area contributed by atoms with Crippen LogP contribution >= 0.6 is 0 Å². The average Bonchev–Trinajstić information content (AvgIpc) is 3.91. The first-order valence-corrected chi connectivity index (χ1v) is 18.9. The van der Waals surface area contributed by atoms with Crippen LogP contribution in [0.1, 0.15) is 12.5 Å². The second kappa shape index (κ2) is 11.6. The number of rotatable bonds is 4. The van der Waals surface area contributed by atoms with Crippen LogP contribution in [0.5, 0.6) is 0 Å². The first kappa shape index (κ1) is 30.2. The van der Waals surface area contributed by atoms with Crippen molar-refractivity contribution in [3.05, 3.63) is 176 Å². The minimum atomic E-state index is 0.183. The van der Waals surface area contributed by atoms with Crippen molar-refractivity contribution in [3.8, 4) is 28.3 Å². The maximum Gasteiger partial charge on any atom is 0.160 e. The summed E-state index contributed by atoms with van der Waals surface area (Å²) in [4.78, 5) is 10.2. The van der Waals surface area contributed by atoms with Crippen LogP contribution < -0.4 is 0 Å². The molecule has 4 aromatic heterocycles. The van der Waals surface area contributed by atoms with E-state index >= 15 is 0 Å². The Morgan fingerprint density at radius 2 is 1.25 bits per heavy atom. The number of nitrogens with zero attached hydrogens (tertiary/aromatic N) is 4. The van der Waals surface area contributed by atoms with E-state index in [0.717, 1.165) is 56.4 Å². The second-order valence-corrected chi connectivity index (χ2v) is 14.5. The summed E-state index contributed by atoms with van der Waals surface area (Å²) in [6.45, 7) is 0. The number of benzene rings is 7. The Morgan fingerprint density at radius 1 is 0.509 bits per heavy atom. The molecule has 258 valence electrons. The minimum absolute atomic E-state index is 0.183. The molecule has 5 heteroatoms. The lowest BCUT2D eigenvalue weighted by Gasteiger charge is -2.19. The third-order valence-electron chi connectivity index (χ3n) is 11.4. The van der Waals surface area contributed by atoms with Gasteiger partial charge in [-0.05, 0) is 73.2 Å². The Kier molecular flexibility index (Phi) is 6.39. The summed E-state index contributed by atoms with van der Waals surface area (Å²) in [7, 11) is 0. The highest BCUT2D eigenvalue weighted by Crippen LogP contribution is 2.46. The molecular formula is C50H32N4O. The molecule has 0 spiro atoms. The number of hydrogen-bond donors (Lipinski definition) is 0. The average molecular weight is 705 g/mol. The molecule has 11 aromatic rings. The molecule has 0 saturated carbocycles. The molecule has 5 nitrogen and oxygen atoms in total. The summed E-state index contributed by atoms with van der Waals surface area (Å²) in [6.07, 6.45) is 9.87. The summed E-state index contributed by atoms with van der Waals surface area (Å²) >= 11 is 0. The lowest BCUT2D eigenvalue weighted by atomic mass is 10.0. The van der Waals surface area contributed by atoms with Crippen molar-refractivity contribution in [2.45, 2.75) is 12.5 Å². The molecule has 12 rings (SSSR count). The van der Waals surface area contributed by atoms with Crippen molar-refractivity contribution in [2.24, 2.45) is 0 Å². The molecule has 0 amide bonds. The molecule has 1 aliphatic carbocycles. The Morgan fingerprint density at radius 3 is 2.11 bits per heavy atom. The van der Waals surface area contributed by atoms with Gasteiger partial charge in [-0.15, -0.1) is 0 Å². The van der Waals surface area contributed by atoms with E-state index in [4.69, 9.17) is 14.4 Å². The zero-order valence-corrected chi connectivity index (χ0v) is 29.7. The number of para-hydroxylation sites is 3. The van der Waals surface area contributed by atoms with E-state index in [0.29, 0.717) is 5.82 Å². The van der Waals surface area contributed by atoms with Crippen molar-refractivity contribution >= 4 is 76.5 Å². The topological polar surface area (TPSA) is 48.8 Å². The summed E-state index contributed by atoms with van der Waals surface area (Å²) in [6, 6.07) is 53.8. The van der Waals surface area contributed by atoms with Crippen molar-refractivity contribution in [1.29, 1.82) is 0 Å². The monoisotopic (exact) mass is 704 g/mol. The fraction of sp³-hybridized carbons (Fsp3) is 0.0400. The van der Waals surface area contributed by atoms with Crippen molar-refractivity contribution < 1.29 is 4.42 Å². The van der Waals surface area contributed by atoms with Crippen molar-refractivity contribution in [2.75, 3.05) is 0 Å². The predicted molar refractivity (Wildman–Crippen MR) is 227 cm³/mol. The van der Waals surface area contributed by atoms with Gasteiger partial charge in [-0.2, -0.15) is 0 Å². The lowest BCUT2D eigenvalue weighted by molar-refractivity contribution is 0.648. The van der Waals surface area contributed by atoms with Gasteiger partial charge >= 0.3 is 0 Å². The highest BCUT2D eigenvalue weighted by molar-refractivity contribution is 6.32. The minimum Gasteiger partial charge on any atom is -0.456 e. The van der Waals surface area contributed by atoms with Gasteiger partial charge in [0.25, 0.3) is 0 Å². The van der Waals surface area contributed by atoms with Gasteiger partial charge in [0.1, 0.15) is 11.2 Å². The molecule has 1 aliphatic rings. The molecule has 0 fully saturated rings. The van der Waals surface area contributed by atoms with Gasteiger partial charge in [-0.25, -0.2) is 9.97 Å². The third kappa shape index (κ3) is 4.41. The summed E-state index contributed by atoms with van der Waals surface area (Å²) in [5.41, 5.74) is 11.6. The van der Waals surface area contributed by atoms with E-state index < -0.39 is 0 Å². The maximum atomic E-state index is 6.45. The Bertz CT molecular complexity index is 3400. The standard InChI is InChI=1S/C50H32N4O/c1-3-13-31(14-4-1)48-35-17-7-10-20-39(35)51-50(52-48)32-23-25-34(26-24-32)53-40-21-11-8-18-36(40)45-41(53)28-29-42-46(45)38-27-30-44-47(37-19-9-12-22-43(37)55-44)49(38)54(42)33-15-5-2-6-16-33/h1-15,17-30,33H,16H2. The van der Waals surface area contributed by atoms with Crippen molar-refractivity contribution in [1.82, 2.24) is 19.1 Å². The number of furan rings is 1. The number of hydrogen-bond acceptors (Lipinski definition) is 3. The van der Waals surface area contributed by atoms with E-state index in [1.807, 2.05) is 24.3 Å². The van der Waals surface area contributed by atoms with Gasteiger partial charge in [0, 0.05) is 49.1 Å². The second-order valence-electron chi connectivity index (χ2n) is 14.5. The quantitative estimate of drug-likeness (QED) is 0.183. The van der Waals surface area contributed by atoms with E-state index in [1.54, 1.807) is 0 Å². The van der Waals surface area contributed by atoms with Crippen LogP contribution in [0.2, 0.25) is 0 Å². The van der Waals surface area contributed by atoms with E-state index in [2.05, 4.69) is 161 Å². The number of aromatic nitrogens is 4. The first-order chi connectivity index (χ1) is 27.3. The SMILES string of the molecule is C1=CCC(n2c3ccc4c(c5ccccc5n4-c4ccc(-c5nc(-c6ccccc6)c6ccccc6n5)cc4)c3c3ccc4oc5ccccc5c4c32)C=C1. The van der Waals surface area contributed by atoms with Crippen LogP contribution in [0.3, 0.4) is 0 Å². The fourth-order valence-corrected chi connectivity index (χ4v) is 9.06. The highest BCUT2D eigenvalue weighted by atomic mass is 16.3. The molecule has 0 bridgehead atoms. The summed E-state index contributed by atoms with van der Waals surface area (Å²) < 4.78 is 11.4. The Hall–Kier alpha value is -7.24. The molecule has 7 aromatic carbocycles. The zero-order chi connectivity index (χ0) is 36.0. The van der Waals surface area contributed by atoms with Gasteiger partial charge < -0.3 is 13.6 Å². The maximum absolute atomic E-state index is 6.45. The number of fused-ring (bicyclic) bond motifs is 12. The van der Waals surface area contributed by atoms with Gasteiger partial charge in [-0.3, -0.25) is 0 Å². The Labute approximate surface area is 315 Å². The molecule has 1 unspecified atom stereocenters. The fourth-order valence-electron chi connectivity index (χ4n) is 9.06. The largest absolute Gasteiger partial charge is 0.456 e. The number of allylic oxidation sites excluding steroid dienone is 4. The normalized spacial score (nSPS) is 14.5. The molecule has 55 heavy (non-hydrogen) atoms. The van der Waals surface area contributed by atoms with Gasteiger partial charge in [0.15, 0.2) is 5.82 Å². The van der Waals surface area contributed by atoms with Crippen LogP contribution in [0.4, 0.5) is 0 Å². The predicted octanol–water partition coefficient (Wildman–Crippen LogP) is 13.1. The smallest absolute Gasteiger partial charge is 0.160 e. The molecule has 1 atom stereocenters. The van der Waals surface area contributed by atoms with Crippen LogP contribution in [0, 0.1) is 0 Å². The first-order valence-electron chi connectivity index (χ1n) is 18.9. The van der Waals surface area contributed by atoms with E-state index in [-0.39, 0.29) is 6.04 Å². The van der Waals surface area contributed by atoms with Gasteiger partial charge in [0.05, 0.1) is 44.7 Å². The third-order valence-corrected chi connectivity index (χ3v) is 11.4. The van der Waals surface area contributed by atoms with Gasteiger partial charge in [0.2, 0.25) is 0 Å². The van der Waals surface area contributed by atoms with Gasteiger partial charge in [-0.1, -0.05) is 109 Å². The molecular weight excluding hydrogens is 673 g/mol. The molecule has 0 N–H and O–H groups in total. The molecule has 4 heterocycles. The highest BCUT2D eigenvalue weighted by Gasteiger charge is 2.25. The molecule has 0 saturated heterocycles. The summed E-state index contributed by atoms with van der Waals surface area (Å²) in [5.74, 6) is 0.713. The lowest BCUT2D eigenvalue weighted by Crippen LogP contribution is -2.07. The van der Waals surface area contributed by atoms with E-state index in [9.17, 15) is 0 Å². The molecule has 0 aliphatic heterocycles. The Balaban J connectivity index is 1.10. The van der Waals surface area contributed by atoms with Crippen LogP contribution in [0.25, 0.3) is 105 Å². The van der Waals surface area contributed by atoms with E-state index in [1.165, 1.54) is 49.0 Å². The van der Waals surface area contributed by atoms with Crippen LogP contribution in [0.15, 0.2) is 180 Å².